The van der Waals surface area contributed by atoms with Gasteiger partial charge < -0.3 is 5.73 Å². The van der Waals surface area contributed by atoms with Crippen LogP contribution in [0.3, 0.4) is 0 Å². The van der Waals surface area contributed by atoms with E-state index in [0.29, 0.717) is 0 Å². The molecule has 0 aliphatic heterocycles. The maximum atomic E-state index is 6.14. The number of nitrogens with zero attached hydrogens (tertiary/aromatic N) is 1. The number of rotatable bonds is 3. The lowest BCUT2D eigenvalue weighted by molar-refractivity contribution is 0.717. The predicted molar refractivity (Wildman–Crippen MR) is 66.0 cm³/mol. The summed E-state index contributed by atoms with van der Waals surface area (Å²) in [7, 11) is 0. The van der Waals surface area contributed by atoms with E-state index in [9.17, 15) is 0 Å². The van der Waals surface area contributed by atoms with Gasteiger partial charge in [-0.1, -0.05) is 35.9 Å². The molecule has 1 aromatic heterocycles. The van der Waals surface area contributed by atoms with Crippen LogP contribution >= 0.6 is 0 Å². The molecule has 2 heteroatoms. The summed E-state index contributed by atoms with van der Waals surface area (Å²) in [6.45, 7) is 2.10. The van der Waals surface area contributed by atoms with Crippen molar-refractivity contribution in [2.45, 2.75) is 19.4 Å². The molecule has 0 bridgehead atoms. The highest BCUT2D eigenvalue weighted by molar-refractivity contribution is 5.25. The molecule has 16 heavy (non-hydrogen) atoms. The zero-order valence-corrected chi connectivity index (χ0v) is 9.43. The molecule has 0 amide bonds. The van der Waals surface area contributed by atoms with Gasteiger partial charge in [0.25, 0.3) is 0 Å². The minimum absolute atomic E-state index is 0.0236. The highest BCUT2D eigenvalue weighted by Gasteiger charge is 2.06. The van der Waals surface area contributed by atoms with Crippen LogP contribution in [-0.2, 0) is 6.42 Å². The summed E-state index contributed by atoms with van der Waals surface area (Å²) >= 11 is 0. The molecule has 2 rings (SSSR count). The zero-order valence-electron chi connectivity index (χ0n) is 9.43. The van der Waals surface area contributed by atoms with Crippen LogP contribution in [0.1, 0.15) is 22.7 Å². The van der Waals surface area contributed by atoms with Crippen LogP contribution in [0.25, 0.3) is 0 Å². The average Bonchev–Trinajstić information content (AvgIpc) is 2.30. The molecule has 0 aliphatic carbocycles. The van der Waals surface area contributed by atoms with Gasteiger partial charge >= 0.3 is 0 Å². The lowest BCUT2D eigenvalue weighted by atomic mass is 10.00. The number of aryl methyl sites for hydroxylation is 1. The maximum Gasteiger partial charge on any atom is 0.0351 e. The quantitative estimate of drug-likeness (QED) is 0.849. The Labute approximate surface area is 96.1 Å². The van der Waals surface area contributed by atoms with Gasteiger partial charge in [-0.3, -0.25) is 4.98 Å². The molecule has 2 aromatic rings. The second-order valence-corrected chi connectivity index (χ2v) is 4.09. The van der Waals surface area contributed by atoms with Crippen molar-refractivity contribution in [2.24, 2.45) is 5.73 Å². The molecule has 1 atom stereocenters. The molecule has 0 saturated heterocycles. The number of nitrogens with two attached hydrogens (primary N) is 1. The van der Waals surface area contributed by atoms with E-state index in [1.54, 1.807) is 6.20 Å². The summed E-state index contributed by atoms with van der Waals surface area (Å²) < 4.78 is 0. The topological polar surface area (TPSA) is 38.9 Å². The highest BCUT2D eigenvalue weighted by Crippen LogP contribution is 2.15. The smallest absolute Gasteiger partial charge is 0.0351 e. The molecule has 2 N–H and O–H groups in total. The van der Waals surface area contributed by atoms with Gasteiger partial charge in [-0.2, -0.15) is 0 Å². The molecule has 2 nitrogen and oxygen atoms in total. The van der Waals surface area contributed by atoms with Crippen LogP contribution in [0.4, 0.5) is 0 Å². The van der Waals surface area contributed by atoms with Crippen molar-refractivity contribution in [1.29, 1.82) is 0 Å². The van der Waals surface area contributed by atoms with Crippen molar-refractivity contribution >= 4 is 0 Å². The molecule has 0 radical (unpaired) electrons. The van der Waals surface area contributed by atoms with E-state index in [4.69, 9.17) is 5.73 Å². The second kappa shape index (κ2) is 4.90. The Bertz CT molecular complexity index is 451. The SMILES string of the molecule is Cc1cccc(CC(N)c2cccnc2)c1. The first kappa shape index (κ1) is 10.8. The van der Waals surface area contributed by atoms with Gasteiger partial charge in [-0.15, -0.1) is 0 Å². The molecular formula is C14H16N2. The third kappa shape index (κ3) is 2.67. The first-order valence-electron chi connectivity index (χ1n) is 5.47. The minimum atomic E-state index is 0.0236. The van der Waals surface area contributed by atoms with Crippen LogP contribution in [0.15, 0.2) is 48.8 Å². The standard InChI is InChI=1S/C14H16N2/c1-11-4-2-5-12(8-11)9-14(15)13-6-3-7-16-10-13/h2-8,10,14H,9,15H2,1H3. The molecule has 0 spiro atoms. The second-order valence-electron chi connectivity index (χ2n) is 4.09. The molecule has 0 aliphatic rings. The van der Waals surface area contributed by atoms with E-state index in [-0.39, 0.29) is 6.04 Å². The summed E-state index contributed by atoms with van der Waals surface area (Å²) in [5.41, 5.74) is 9.77. The normalized spacial score (nSPS) is 12.4. The molecule has 82 valence electrons. The van der Waals surface area contributed by atoms with Gasteiger partial charge in [0.15, 0.2) is 0 Å². The van der Waals surface area contributed by atoms with E-state index >= 15 is 0 Å². The van der Waals surface area contributed by atoms with Gasteiger partial charge in [0.05, 0.1) is 0 Å². The number of pyridine rings is 1. The minimum Gasteiger partial charge on any atom is -0.324 e. The molecule has 0 fully saturated rings. The Morgan fingerprint density at radius 1 is 1.25 bits per heavy atom. The lowest BCUT2D eigenvalue weighted by Crippen LogP contribution is -2.13. The molecule has 1 unspecified atom stereocenters. The summed E-state index contributed by atoms with van der Waals surface area (Å²) in [5.74, 6) is 0. The van der Waals surface area contributed by atoms with Crippen LogP contribution < -0.4 is 5.73 Å². The third-order valence-electron chi connectivity index (χ3n) is 2.65. The number of hydrogen-bond acceptors (Lipinski definition) is 2. The van der Waals surface area contributed by atoms with Crippen LogP contribution in [0.5, 0.6) is 0 Å². The van der Waals surface area contributed by atoms with Crippen LogP contribution in [-0.4, -0.2) is 4.98 Å². The molecular weight excluding hydrogens is 196 g/mol. The Morgan fingerprint density at radius 3 is 2.81 bits per heavy atom. The summed E-state index contributed by atoms with van der Waals surface area (Å²) in [6.07, 6.45) is 4.46. The maximum absolute atomic E-state index is 6.14. The summed E-state index contributed by atoms with van der Waals surface area (Å²) in [5, 5.41) is 0. The third-order valence-corrected chi connectivity index (χ3v) is 2.65. The van der Waals surface area contributed by atoms with Crippen LogP contribution in [0, 0.1) is 6.92 Å². The van der Waals surface area contributed by atoms with Gasteiger partial charge in [-0.05, 0) is 30.5 Å². The van der Waals surface area contributed by atoms with Gasteiger partial charge in [0, 0.05) is 18.4 Å². The number of aromatic nitrogens is 1. The molecule has 0 saturated carbocycles. The van der Waals surface area contributed by atoms with E-state index in [2.05, 4.69) is 36.2 Å². The lowest BCUT2D eigenvalue weighted by Gasteiger charge is -2.11. The Kier molecular flexibility index (Phi) is 3.32. The zero-order chi connectivity index (χ0) is 11.4. The highest BCUT2D eigenvalue weighted by atomic mass is 14.7. The largest absolute Gasteiger partial charge is 0.324 e. The van der Waals surface area contributed by atoms with Crippen molar-refractivity contribution in [3.05, 3.63) is 65.5 Å². The van der Waals surface area contributed by atoms with E-state index in [1.165, 1.54) is 11.1 Å². The van der Waals surface area contributed by atoms with Crippen molar-refractivity contribution in [3.63, 3.8) is 0 Å². The van der Waals surface area contributed by atoms with Crippen molar-refractivity contribution in [2.75, 3.05) is 0 Å². The molecule has 1 aromatic carbocycles. The fraction of sp³-hybridized carbons (Fsp3) is 0.214. The van der Waals surface area contributed by atoms with Crippen LogP contribution in [0.2, 0.25) is 0 Å². The number of hydrogen-bond donors (Lipinski definition) is 1. The van der Waals surface area contributed by atoms with Crippen molar-refractivity contribution in [1.82, 2.24) is 4.98 Å². The first-order chi connectivity index (χ1) is 7.75. The van der Waals surface area contributed by atoms with Crippen molar-refractivity contribution < 1.29 is 0 Å². The fourth-order valence-electron chi connectivity index (χ4n) is 1.81. The Balaban J connectivity index is 2.11. The Morgan fingerprint density at radius 2 is 2.12 bits per heavy atom. The van der Waals surface area contributed by atoms with Gasteiger partial charge in [-0.25, -0.2) is 0 Å². The van der Waals surface area contributed by atoms with E-state index in [1.807, 2.05) is 18.3 Å². The summed E-state index contributed by atoms with van der Waals surface area (Å²) in [6, 6.07) is 12.4. The van der Waals surface area contributed by atoms with Gasteiger partial charge in [0.2, 0.25) is 0 Å². The summed E-state index contributed by atoms with van der Waals surface area (Å²) in [4.78, 5) is 4.08. The van der Waals surface area contributed by atoms with Crippen molar-refractivity contribution in [3.8, 4) is 0 Å². The average molecular weight is 212 g/mol. The molecule has 1 heterocycles. The van der Waals surface area contributed by atoms with E-state index < -0.39 is 0 Å². The van der Waals surface area contributed by atoms with Gasteiger partial charge in [0.1, 0.15) is 0 Å². The Hall–Kier alpha value is -1.67. The first-order valence-corrected chi connectivity index (χ1v) is 5.47. The van der Waals surface area contributed by atoms with E-state index in [0.717, 1.165) is 12.0 Å². The monoisotopic (exact) mass is 212 g/mol. The predicted octanol–water partition coefficient (Wildman–Crippen LogP) is 2.63. The fourth-order valence-corrected chi connectivity index (χ4v) is 1.81. The number of benzene rings is 1.